The van der Waals surface area contributed by atoms with Gasteiger partial charge in [-0.1, -0.05) is 27.2 Å². The van der Waals surface area contributed by atoms with Crippen LogP contribution in [0.15, 0.2) is 27.3 Å². The van der Waals surface area contributed by atoms with E-state index in [-0.39, 0.29) is 0 Å². The van der Waals surface area contributed by atoms with E-state index in [0.29, 0.717) is 17.4 Å². The normalized spacial score (nSPS) is 22.3. The predicted molar refractivity (Wildman–Crippen MR) is 78.8 cm³/mol. The second-order valence-electron chi connectivity index (χ2n) is 4.97. The van der Waals surface area contributed by atoms with Crippen molar-refractivity contribution in [1.29, 1.82) is 0 Å². The summed E-state index contributed by atoms with van der Waals surface area (Å²) in [6, 6.07) is 6.22. The fourth-order valence-electron chi connectivity index (χ4n) is 2.77. The van der Waals surface area contributed by atoms with E-state index in [1.54, 1.807) is 4.68 Å². The highest BCUT2D eigenvalue weighted by atomic mass is 79.9. The molecule has 2 aromatic rings. The molecule has 3 rings (SSSR count). The summed E-state index contributed by atoms with van der Waals surface area (Å²) in [7, 11) is 1.81. The van der Waals surface area contributed by atoms with E-state index >= 15 is 0 Å². The Morgan fingerprint density at radius 2 is 2.11 bits per heavy atom. The Bertz CT molecular complexity index is 621. The van der Waals surface area contributed by atoms with Crippen LogP contribution in [0, 0.1) is 0 Å². The van der Waals surface area contributed by atoms with Gasteiger partial charge in [-0.3, -0.25) is 0 Å². The van der Waals surface area contributed by atoms with Crippen molar-refractivity contribution in [3.05, 3.63) is 44.1 Å². The first-order valence-electron chi connectivity index (χ1n) is 6.05. The molecule has 1 aromatic carbocycles. The van der Waals surface area contributed by atoms with Gasteiger partial charge in [-0.25, -0.2) is 4.68 Å². The highest BCUT2D eigenvalue weighted by Crippen LogP contribution is 2.39. The highest BCUT2D eigenvalue weighted by Gasteiger charge is 2.38. The molecule has 4 nitrogen and oxygen atoms in total. The third-order valence-corrected chi connectivity index (χ3v) is 4.71. The number of benzene rings is 1. The maximum atomic E-state index is 11.0. The van der Waals surface area contributed by atoms with Crippen LogP contribution in [0.4, 0.5) is 0 Å². The van der Waals surface area contributed by atoms with Crippen molar-refractivity contribution in [2.24, 2.45) is 7.05 Å². The number of nitrogens with zero attached hydrogens (tertiary/aromatic N) is 3. The summed E-state index contributed by atoms with van der Waals surface area (Å²) in [5.74, 6) is 0. The number of hydrogen-bond acceptors (Lipinski definition) is 3. The van der Waals surface area contributed by atoms with Crippen molar-refractivity contribution in [1.82, 2.24) is 15.0 Å². The van der Waals surface area contributed by atoms with Gasteiger partial charge in [-0.2, -0.15) is 0 Å². The molecule has 0 amide bonds. The number of rotatable bonds is 1. The summed E-state index contributed by atoms with van der Waals surface area (Å²) < 4.78 is 3.35. The van der Waals surface area contributed by atoms with E-state index < -0.39 is 5.60 Å². The van der Waals surface area contributed by atoms with E-state index in [2.05, 4.69) is 54.3 Å². The van der Waals surface area contributed by atoms with Crippen LogP contribution < -0.4 is 0 Å². The van der Waals surface area contributed by atoms with Crippen LogP contribution in [0.2, 0.25) is 0 Å². The summed E-state index contributed by atoms with van der Waals surface area (Å²) in [4.78, 5) is 0. The average Bonchev–Trinajstić information content (AvgIpc) is 2.70. The second-order valence-corrected chi connectivity index (χ2v) is 6.64. The summed E-state index contributed by atoms with van der Waals surface area (Å²) >= 11 is 6.86. The first kappa shape index (κ1) is 13.3. The topological polar surface area (TPSA) is 50.9 Å². The molecule has 100 valence electrons. The van der Waals surface area contributed by atoms with Crippen molar-refractivity contribution >= 4 is 31.9 Å². The summed E-state index contributed by atoms with van der Waals surface area (Å²) in [6.45, 7) is 0. The molecular formula is C13H13Br2N3O. The van der Waals surface area contributed by atoms with E-state index in [0.717, 1.165) is 16.6 Å². The van der Waals surface area contributed by atoms with E-state index in [4.69, 9.17) is 0 Å². The molecule has 1 aliphatic rings. The zero-order valence-electron chi connectivity index (χ0n) is 10.4. The quantitative estimate of drug-likeness (QED) is 0.819. The second kappa shape index (κ2) is 4.68. The van der Waals surface area contributed by atoms with Gasteiger partial charge in [0.25, 0.3) is 0 Å². The molecular weight excluding hydrogens is 374 g/mol. The third kappa shape index (κ3) is 2.26. The van der Waals surface area contributed by atoms with Gasteiger partial charge in [0.2, 0.25) is 0 Å². The SMILES string of the molecule is Cn1nnc(Br)c1C1(O)CCc2cc(Br)ccc2C1. The minimum Gasteiger partial charge on any atom is -0.383 e. The zero-order valence-corrected chi connectivity index (χ0v) is 13.6. The molecule has 1 unspecified atom stereocenters. The minimum atomic E-state index is -0.905. The number of halogens is 2. The van der Waals surface area contributed by atoms with Gasteiger partial charge >= 0.3 is 0 Å². The molecule has 1 aliphatic carbocycles. The first-order chi connectivity index (χ1) is 8.99. The molecule has 1 N–H and O–H groups in total. The maximum Gasteiger partial charge on any atom is 0.154 e. The molecule has 1 atom stereocenters. The van der Waals surface area contributed by atoms with Gasteiger partial charge < -0.3 is 5.11 Å². The Kier molecular flexibility index (Phi) is 3.27. The highest BCUT2D eigenvalue weighted by molar-refractivity contribution is 9.10. The number of aliphatic hydroxyl groups is 1. The van der Waals surface area contributed by atoms with Crippen molar-refractivity contribution in [3.63, 3.8) is 0 Å². The van der Waals surface area contributed by atoms with Crippen molar-refractivity contribution < 1.29 is 5.11 Å². The molecule has 0 bridgehead atoms. The van der Waals surface area contributed by atoms with Crippen LogP contribution in [0.5, 0.6) is 0 Å². The fraction of sp³-hybridized carbons (Fsp3) is 0.385. The van der Waals surface area contributed by atoms with Crippen LogP contribution >= 0.6 is 31.9 Å². The minimum absolute atomic E-state index is 0.593. The Labute approximate surface area is 128 Å². The molecule has 0 radical (unpaired) electrons. The van der Waals surface area contributed by atoms with Crippen molar-refractivity contribution in [3.8, 4) is 0 Å². The molecule has 1 heterocycles. The molecule has 6 heteroatoms. The van der Waals surface area contributed by atoms with E-state index in [9.17, 15) is 5.11 Å². The van der Waals surface area contributed by atoms with E-state index in [1.807, 2.05) is 13.1 Å². The predicted octanol–water partition coefficient (Wildman–Crippen LogP) is 2.72. The Morgan fingerprint density at radius 1 is 1.32 bits per heavy atom. The monoisotopic (exact) mass is 385 g/mol. The van der Waals surface area contributed by atoms with Gasteiger partial charge in [0, 0.05) is 17.9 Å². The fourth-order valence-corrected chi connectivity index (χ4v) is 3.88. The summed E-state index contributed by atoms with van der Waals surface area (Å²) in [6.07, 6.45) is 2.12. The summed E-state index contributed by atoms with van der Waals surface area (Å²) in [5, 5.41) is 18.9. The Morgan fingerprint density at radius 3 is 2.79 bits per heavy atom. The molecule has 1 aromatic heterocycles. The third-order valence-electron chi connectivity index (χ3n) is 3.69. The van der Waals surface area contributed by atoms with E-state index in [1.165, 1.54) is 11.1 Å². The lowest BCUT2D eigenvalue weighted by molar-refractivity contribution is 0.0136. The molecule has 0 aliphatic heterocycles. The average molecular weight is 387 g/mol. The lowest BCUT2D eigenvalue weighted by atomic mass is 9.79. The van der Waals surface area contributed by atoms with Gasteiger partial charge in [0.15, 0.2) is 4.60 Å². The Hall–Kier alpha value is -0.720. The molecule has 0 fully saturated rings. The standard InChI is InChI=1S/C13H13Br2N3O/c1-18-11(12(15)16-17-18)13(19)5-4-8-6-10(14)3-2-9(8)7-13/h2-3,6,19H,4-5,7H2,1H3. The number of aryl methyl sites for hydroxylation is 2. The van der Waals surface area contributed by atoms with Crippen LogP contribution in [-0.4, -0.2) is 20.1 Å². The molecule has 0 saturated carbocycles. The number of hydrogen-bond donors (Lipinski definition) is 1. The van der Waals surface area contributed by atoms with Crippen LogP contribution in [0.25, 0.3) is 0 Å². The lowest BCUT2D eigenvalue weighted by Crippen LogP contribution is -2.35. The van der Waals surface area contributed by atoms with Crippen LogP contribution in [0.1, 0.15) is 23.2 Å². The van der Waals surface area contributed by atoms with Gasteiger partial charge in [-0.15, -0.1) is 5.10 Å². The largest absolute Gasteiger partial charge is 0.383 e. The molecule has 0 spiro atoms. The lowest BCUT2D eigenvalue weighted by Gasteiger charge is -2.33. The van der Waals surface area contributed by atoms with Crippen LogP contribution in [-0.2, 0) is 25.5 Å². The molecule has 19 heavy (non-hydrogen) atoms. The smallest absolute Gasteiger partial charge is 0.154 e. The van der Waals surface area contributed by atoms with Gasteiger partial charge in [0.1, 0.15) is 11.3 Å². The Balaban J connectivity index is 2.03. The van der Waals surface area contributed by atoms with Crippen molar-refractivity contribution in [2.45, 2.75) is 24.9 Å². The number of fused-ring (bicyclic) bond motifs is 1. The van der Waals surface area contributed by atoms with Crippen LogP contribution in [0.3, 0.4) is 0 Å². The maximum absolute atomic E-state index is 11.0. The summed E-state index contributed by atoms with van der Waals surface area (Å²) in [5.41, 5.74) is 2.33. The van der Waals surface area contributed by atoms with Gasteiger partial charge in [-0.05, 0) is 52.0 Å². The van der Waals surface area contributed by atoms with Crippen molar-refractivity contribution in [2.75, 3.05) is 0 Å². The van der Waals surface area contributed by atoms with Gasteiger partial charge in [0.05, 0.1) is 0 Å². The molecule has 0 saturated heterocycles. The zero-order chi connectivity index (χ0) is 13.6. The first-order valence-corrected chi connectivity index (χ1v) is 7.63. The number of aromatic nitrogens is 3.